The summed E-state index contributed by atoms with van der Waals surface area (Å²) in [6.07, 6.45) is 4.43. The molecule has 1 heterocycles. The lowest BCUT2D eigenvalue weighted by Gasteiger charge is -2.14. The highest BCUT2D eigenvalue weighted by Gasteiger charge is 2.10. The Bertz CT molecular complexity index is 545. The topological polar surface area (TPSA) is 48.1 Å². The van der Waals surface area contributed by atoms with Crippen molar-refractivity contribution in [2.24, 2.45) is 5.73 Å². The number of methoxy groups -OCH3 is 1. The van der Waals surface area contributed by atoms with Crippen LogP contribution in [0, 0.1) is 0 Å². The lowest BCUT2D eigenvalue weighted by molar-refractivity contribution is 0.407. The monoisotopic (exact) mass is 334 g/mol. The van der Waals surface area contributed by atoms with E-state index in [1.165, 1.54) is 0 Å². The molecule has 1 aromatic heterocycles. The first-order chi connectivity index (χ1) is 9.69. The van der Waals surface area contributed by atoms with Crippen molar-refractivity contribution in [3.05, 3.63) is 58.3 Å². The Kier molecular flexibility index (Phi) is 5.56. The van der Waals surface area contributed by atoms with Crippen molar-refractivity contribution in [3.63, 3.8) is 0 Å². The van der Waals surface area contributed by atoms with Crippen LogP contribution < -0.4 is 10.5 Å². The van der Waals surface area contributed by atoms with E-state index in [4.69, 9.17) is 10.5 Å². The molecule has 1 aromatic carbocycles. The number of aryl methyl sites for hydroxylation is 1. The highest BCUT2D eigenvalue weighted by Crippen LogP contribution is 2.24. The van der Waals surface area contributed by atoms with Gasteiger partial charge in [-0.3, -0.25) is 4.98 Å². The summed E-state index contributed by atoms with van der Waals surface area (Å²) in [6.45, 7) is 0. The maximum Gasteiger partial charge on any atom is 0.122 e. The lowest BCUT2D eigenvalue weighted by Crippen LogP contribution is -2.24. The smallest absolute Gasteiger partial charge is 0.122 e. The fourth-order valence-corrected chi connectivity index (χ4v) is 2.58. The molecule has 2 N–H and O–H groups in total. The van der Waals surface area contributed by atoms with Crippen molar-refractivity contribution >= 4 is 15.9 Å². The van der Waals surface area contributed by atoms with Crippen LogP contribution in [0.25, 0.3) is 0 Å². The molecule has 2 aromatic rings. The molecule has 0 radical (unpaired) electrons. The third-order valence-corrected chi connectivity index (χ3v) is 3.72. The molecular weight excluding hydrogens is 316 g/mol. The molecule has 0 saturated carbocycles. The minimum atomic E-state index is 0.0974. The number of hydrogen-bond donors (Lipinski definition) is 1. The Hall–Kier alpha value is -1.39. The Labute approximate surface area is 128 Å². The summed E-state index contributed by atoms with van der Waals surface area (Å²) in [5.74, 6) is 0.890. The second kappa shape index (κ2) is 7.41. The van der Waals surface area contributed by atoms with Gasteiger partial charge < -0.3 is 10.5 Å². The molecule has 1 atom stereocenters. The zero-order valence-electron chi connectivity index (χ0n) is 11.6. The quantitative estimate of drug-likeness (QED) is 0.881. The first kappa shape index (κ1) is 15.0. The molecule has 0 spiro atoms. The van der Waals surface area contributed by atoms with Gasteiger partial charge in [-0.25, -0.2) is 0 Å². The van der Waals surface area contributed by atoms with Gasteiger partial charge in [-0.05, 0) is 55.2 Å². The van der Waals surface area contributed by atoms with E-state index in [2.05, 4.69) is 27.0 Å². The predicted octanol–water partition coefficient (Wildman–Crippen LogP) is 3.36. The van der Waals surface area contributed by atoms with Gasteiger partial charge in [-0.15, -0.1) is 0 Å². The Morgan fingerprint density at radius 3 is 2.85 bits per heavy atom. The highest BCUT2D eigenvalue weighted by atomic mass is 79.9. The minimum absolute atomic E-state index is 0.0974. The molecule has 0 bridgehead atoms. The second-order valence-electron chi connectivity index (χ2n) is 4.78. The van der Waals surface area contributed by atoms with E-state index in [-0.39, 0.29) is 6.04 Å². The molecule has 3 nitrogen and oxygen atoms in total. The largest absolute Gasteiger partial charge is 0.496 e. The Morgan fingerprint density at radius 1 is 1.30 bits per heavy atom. The van der Waals surface area contributed by atoms with Crippen molar-refractivity contribution in [2.45, 2.75) is 25.3 Å². The van der Waals surface area contributed by atoms with Crippen LogP contribution in [0.15, 0.2) is 47.1 Å². The molecule has 106 valence electrons. The van der Waals surface area contributed by atoms with Crippen molar-refractivity contribution in [1.29, 1.82) is 0 Å². The van der Waals surface area contributed by atoms with E-state index in [0.29, 0.717) is 0 Å². The van der Waals surface area contributed by atoms with E-state index >= 15 is 0 Å². The van der Waals surface area contributed by atoms with Gasteiger partial charge >= 0.3 is 0 Å². The molecule has 0 amide bonds. The van der Waals surface area contributed by atoms with Crippen LogP contribution in [0.2, 0.25) is 0 Å². The summed E-state index contributed by atoms with van der Waals surface area (Å²) in [5.41, 5.74) is 8.45. The maximum absolute atomic E-state index is 6.23. The summed E-state index contributed by atoms with van der Waals surface area (Å²) in [7, 11) is 1.69. The van der Waals surface area contributed by atoms with Crippen LogP contribution in [0.1, 0.15) is 17.7 Å². The number of nitrogens with zero attached hydrogens (tertiary/aromatic N) is 1. The Balaban J connectivity index is 1.94. The average molecular weight is 335 g/mol. The van der Waals surface area contributed by atoms with Gasteiger partial charge in [0.1, 0.15) is 5.75 Å². The van der Waals surface area contributed by atoms with Gasteiger partial charge in [0.05, 0.1) is 7.11 Å². The molecule has 0 saturated heterocycles. The van der Waals surface area contributed by atoms with E-state index < -0.39 is 0 Å². The third kappa shape index (κ3) is 4.32. The first-order valence-electron chi connectivity index (χ1n) is 6.67. The van der Waals surface area contributed by atoms with E-state index in [1.807, 2.05) is 36.5 Å². The number of benzene rings is 1. The number of aromatic nitrogens is 1. The zero-order chi connectivity index (χ0) is 14.4. The average Bonchev–Trinajstić information content (AvgIpc) is 2.46. The van der Waals surface area contributed by atoms with E-state index in [9.17, 15) is 0 Å². The van der Waals surface area contributed by atoms with Crippen LogP contribution in [0.4, 0.5) is 0 Å². The van der Waals surface area contributed by atoms with Gasteiger partial charge in [0.15, 0.2) is 0 Å². The van der Waals surface area contributed by atoms with Crippen molar-refractivity contribution in [2.75, 3.05) is 7.11 Å². The standard InChI is InChI=1S/C16H19BrN2O/c1-20-16-8-5-13(17)10-12(16)11-14(18)6-7-15-4-2-3-9-19-15/h2-5,8-10,14H,6-7,11,18H2,1H3. The maximum atomic E-state index is 6.23. The SMILES string of the molecule is COc1ccc(Br)cc1CC(N)CCc1ccccn1. The number of nitrogens with two attached hydrogens (primary N) is 1. The van der Waals surface area contributed by atoms with Crippen molar-refractivity contribution in [3.8, 4) is 5.75 Å². The van der Waals surface area contributed by atoms with Crippen LogP contribution in [-0.4, -0.2) is 18.1 Å². The van der Waals surface area contributed by atoms with Crippen molar-refractivity contribution < 1.29 is 4.74 Å². The molecule has 4 heteroatoms. The molecule has 1 unspecified atom stereocenters. The number of pyridine rings is 1. The lowest BCUT2D eigenvalue weighted by atomic mass is 10.0. The summed E-state index contributed by atoms with van der Waals surface area (Å²) in [4.78, 5) is 4.32. The molecule has 0 fully saturated rings. The normalized spacial score (nSPS) is 12.2. The van der Waals surface area contributed by atoms with Gasteiger partial charge in [-0.1, -0.05) is 22.0 Å². The van der Waals surface area contributed by atoms with Crippen molar-refractivity contribution in [1.82, 2.24) is 4.98 Å². The van der Waals surface area contributed by atoms with E-state index in [0.717, 1.165) is 40.7 Å². The van der Waals surface area contributed by atoms with Crippen LogP contribution >= 0.6 is 15.9 Å². The molecule has 0 aliphatic carbocycles. The summed E-state index contributed by atoms with van der Waals surface area (Å²) < 4.78 is 6.42. The molecular formula is C16H19BrN2O. The minimum Gasteiger partial charge on any atom is -0.496 e. The van der Waals surface area contributed by atoms with Gasteiger partial charge in [0, 0.05) is 22.4 Å². The highest BCUT2D eigenvalue weighted by molar-refractivity contribution is 9.10. The van der Waals surface area contributed by atoms with Gasteiger partial charge in [0.25, 0.3) is 0 Å². The number of rotatable bonds is 6. The fraction of sp³-hybridized carbons (Fsp3) is 0.312. The van der Waals surface area contributed by atoms with Crippen LogP contribution in [0.3, 0.4) is 0 Å². The summed E-state index contributed by atoms with van der Waals surface area (Å²) in [6, 6.07) is 12.1. The zero-order valence-corrected chi connectivity index (χ0v) is 13.1. The van der Waals surface area contributed by atoms with Gasteiger partial charge in [0.2, 0.25) is 0 Å². The van der Waals surface area contributed by atoms with E-state index in [1.54, 1.807) is 7.11 Å². The molecule has 0 aliphatic rings. The number of ether oxygens (including phenoxy) is 1. The fourth-order valence-electron chi connectivity index (χ4n) is 2.17. The predicted molar refractivity (Wildman–Crippen MR) is 84.9 cm³/mol. The molecule has 2 rings (SSSR count). The van der Waals surface area contributed by atoms with Crippen LogP contribution in [0.5, 0.6) is 5.75 Å². The Morgan fingerprint density at radius 2 is 2.15 bits per heavy atom. The van der Waals surface area contributed by atoms with Crippen LogP contribution in [-0.2, 0) is 12.8 Å². The third-order valence-electron chi connectivity index (χ3n) is 3.22. The molecule has 20 heavy (non-hydrogen) atoms. The number of halogens is 1. The molecule has 0 aliphatic heterocycles. The first-order valence-corrected chi connectivity index (χ1v) is 7.46. The second-order valence-corrected chi connectivity index (χ2v) is 5.70. The number of hydrogen-bond acceptors (Lipinski definition) is 3. The summed E-state index contributed by atoms with van der Waals surface area (Å²) >= 11 is 3.48. The van der Waals surface area contributed by atoms with Gasteiger partial charge in [-0.2, -0.15) is 0 Å². The summed E-state index contributed by atoms with van der Waals surface area (Å²) in [5, 5.41) is 0.